The highest BCUT2D eigenvalue weighted by Gasteiger charge is 2.27. The average Bonchev–Trinajstić information content (AvgIpc) is 2.88. The first-order chi connectivity index (χ1) is 11.1. The van der Waals surface area contributed by atoms with Crippen molar-refractivity contribution in [3.8, 4) is 23.3 Å². The van der Waals surface area contributed by atoms with E-state index >= 15 is 0 Å². The van der Waals surface area contributed by atoms with Gasteiger partial charge in [0.15, 0.2) is 0 Å². The molecule has 4 heteroatoms. The number of hydrogen-bond donors (Lipinski definition) is 0. The van der Waals surface area contributed by atoms with Gasteiger partial charge in [0.2, 0.25) is 0 Å². The van der Waals surface area contributed by atoms with E-state index in [2.05, 4.69) is 0 Å². The maximum absolute atomic E-state index is 11.8. The number of hydrogen-bond acceptors (Lipinski definition) is 4. The summed E-state index contributed by atoms with van der Waals surface area (Å²) < 4.78 is 4.76. The SMILES string of the molecule is COC(=O)c1ccc2c(c1)C(=C(C#N)C#N)c1cc(C)ccc1-2. The molecule has 3 rings (SSSR count). The zero-order chi connectivity index (χ0) is 16.6. The molecule has 0 saturated heterocycles. The molecule has 0 atom stereocenters. The highest BCUT2D eigenvalue weighted by atomic mass is 16.5. The Morgan fingerprint density at radius 1 is 0.957 bits per heavy atom. The quantitative estimate of drug-likeness (QED) is 0.508. The molecule has 0 fully saturated rings. The van der Waals surface area contributed by atoms with Gasteiger partial charge in [-0.05, 0) is 41.3 Å². The van der Waals surface area contributed by atoms with Crippen molar-refractivity contribution in [2.75, 3.05) is 7.11 Å². The van der Waals surface area contributed by atoms with Gasteiger partial charge in [-0.2, -0.15) is 10.5 Å². The van der Waals surface area contributed by atoms with Gasteiger partial charge in [-0.3, -0.25) is 0 Å². The molecule has 2 aromatic carbocycles. The molecule has 1 aliphatic rings. The molecular weight excluding hydrogens is 288 g/mol. The van der Waals surface area contributed by atoms with Crippen LogP contribution in [0.2, 0.25) is 0 Å². The lowest BCUT2D eigenvalue weighted by Crippen LogP contribution is -2.01. The number of benzene rings is 2. The molecule has 0 aromatic heterocycles. The largest absolute Gasteiger partial charge is 0.465 e. The second-order valence-electron chi connectivity index (χ2n) is 5.27. The zero-order valence-electron chi connectivity index (χ0n) is 12.7. The number of nitrogens with zero attached hydrogens (tertiary/aromatic N) is 2. The first kappa shape index (κ1) is 14.6. The molecule has 0 amide bonds. The number of aryl methyl sites for hydroxylation is 1. The molecule has 23 heavy (non-hydrogen) atoms. The molecule has 110 valence electrons. The molecule has 2 aromatic rings. The lowest BCUT2D eigenvalue weighted by molar-refractivity contribution is 0.0600. The highest BCUT2D eigenvalue weighted by Crippen LogP contribution is 2.46. The predicted molar refractivity (Wildman–Crippen MR) is 85.2 cm³/mol. The van der Waals surface area contributed by atoms with Crippen molar-refractivity contribution in [2.45, 2.75) is 6.92 Å². The van der Waals surface area contributed by atoms with E-state index in [1.807, 2.05) is 43.3 Å². The van der Waals surface area contributed by atoms with Gasteiger partial charge in [-0.1, -0.05) is 29.8 Å². The normalized spacial score (nSPS) is 11.0. The smallest absolute Gasteiger partial charge is 0.337 e. The third-order valence-corrected chi connectivity index (χ3v) is 3.92. The summed E-state index contributed by atoms with van der Waals surface area (Å²) >= 11 is 0. The van der Waals surface area contributed by atoms with Crippen molar-refractivity contribution in [3.05, 3.63) is 64.2 Å². The van der Waals surface area contributed by atoms with Gasteiger partial charge in [0.05, 0.1) is 12.7 Å². The van der Waals surface area contributed by atoms with Gasteiger partial charge < -0.3 is 4.74 Å². The maximum Gasteiger partial charge on any atom is 0.337 e. The number of ether oxygens (including phenoxy) is 1. The van der Waals surface area contributed by atoms with E-state index in [-0.39, 0.29) is 5.57 Å². The molecule has 4 nitrogen and oxygen atoms in total. The molecule has 0 radical (unpaired) electrons. The van der Waals surface area contributed by atoms with Gasteiger partial charge in [-0.15, -0.1) is 0 Å². The highest BCUT2D eigenvalue weighted by molar-refractivity contribution is 6.05. The predicted octanol–water partition coefficient (Wildman–Crippen LogP) is 3.61. The Labute approximate surface area is 133 Å². The number of esters is 1. The summed E-state index contributed by atoms with van der Waals surface area (Å²) in [7, 11) is 1.32. The number of carbonyl (C=O) groups is 1. The Bertz CT molecular complexity index is 940. The van der Waals surface area contributed by atoms with Crippen LogP contribution in [0, 0.1) is 29.6 Å². The first-order valence-electron chi connectivity index (χ1n) is 6.99. The van der Waals surface area contributed by atoms with Gasteiger partial charge >= 0.3 is 5.97 Å². The van der Waals surface area contributed by atoms with Crippen LogP contribution in [0.15, 0.2) is 42.0 Å². The minimum atomic E-state index is -0.449. The number of carbonyl (C=O) groups excluding carboxylic acids is 1. The Kier molecular flexibility index (Phi) is 3.44. The van der Waals surface area contributed by atoms with E-state index in [1.165, 1.54) is 7.11 Å². The molecule has 1 aliphatic carbocycles. The number of methoxy groups -OCH3 is 1. The van der Waals surface area contributed by atoms with Crippen molar-refractivity contribution in [2.24, 2.45) is 0 Å². The summed E-state index contributed by atoms with van der Waals surface area (Å²) in [5.41, 5.74) is 5.48. The monoisotopic (exact) mass is 300 g/mol. The summed E-state index contributed by atoms with van der Waals surface area (Å²) in [5, 5.41) is 18.6. The van der Waals surface area contributed by atoms with E-state index in [9.17, 15) is 15.3 Å². The average molecular weight is 300 g/mol. The Hall–Kier alpha value is -3.37. The lowest BCUT2D eigenvalue weighted by Gasteiger charge is -2.05. The third kappa shape index (κ3) is 2.18. The second kappa shape index (κ2) is 5.44. The fourth-order valence-electron chi connectivity index (χ4n) is 2.88. The first-order valence-corrected chi connectivity index (χ1v) is 6.99. The summed E-state index contributed by atoms with van der Waals surface area (Å²) in [6, 6.07) is 15.0. The van der Waals surface area contributed by atoms with Crippen LogP contribution in [-0.2, 0) is 4.74 Å². The van der Waals surface area contributed by atoms with Crippen molar-refractivity contribution in [1.29, 1.82) is 10.5 Å². The third-order valence-electron chi connectivity index (χ3n) is 3.92. The van der Waals surface area contributed by atoms with Crippen molar-refractivity contribution < 1.29 is 9.53 Å². The van der Waals surface area contributed by atoms with Crippen LogP contribution in [0.5, 0.6) is 0 Å². The van der Waals surface area contributed by atoms with E-state index in [0.717, 1.165) is 22.3 Å². The summed E-state index contributed by atoms with van der Waals surface area (Å²) in [4.78, 5) is 11.8. The molecular formula is C19H12N2O2. The minimum absolute atomic E-state index is 0.0395. The van der Waals surface area contributed by atoms with E-state index in [4.69, 9.17) is 4.74 Å². The van der Waals surface area contributed by atoms with Crippen molar-refractivity contribution in [3.63, 3.8) is 0 Å². The zero-order valence-corrected chi connectivity index (χ0v) is 12.7. The van der Waals surface area contributed by atoms with E-state index in [0.29, 0.717) is 16.7 Å². The molecule has 0 heterocycles. The Morgan fingerprint density at radius 3 is 2.17 bits per heavy atom. The van der Waals surface area contributed by atoms with Gasteiger partial charge in [0.1, 0.15) is 17.7 Å². The molecule has 0 spiro atoms. The number of rotatable bonds is 1. The number of allylic oxidation sites excluding steroid dienone is 1. The Balaban J connectivity index is 2.37. The molecule has 0 saturated carbocycles. The summed E-state index contributed by atoms with van der Waals surface area (Å²) in [6.45, 7) is 1.96. The summed E-state index contributed by atoms with van der Waals surface area (Å²) in [6.07, 6.45) is 0. The molecule has 0 N–H and O–H groups in total. The minimum Gasteiger partial charge on any atom is -0.465 e. The van der Waals surface area contributed by atoms with Crippen LogP contribution >= 0.6 is 0 Å². The van der Waals surface area contributed by atoms with Crippen LogP contribution in [0.4, 0.5) is 0 Å². The van der Waals surface area contributed by atoms with E-state index < -0.39 is 5.97 Å². The van der Waals surface area contributed by atoms with Crippen LogP contribution in [0.1, 0.15) is 27.0 Å². The molecule has 0 bridgehead atoms. The lowest BCUT2D eigenvalue weighted by atomic mass is 9.97. The standard InChI is InChI=1S/C19H12N2O2/c1-11-3-5-14-15-6-4-12(19(22)23-2)8-17(15)18(16(14)7-11)13(9-20)10-21/h3-8H,1-2H3. The number of nitriles is 2. The molecule has 0 unspecified atom stereocenters. The van der Waals surface area contributed by atoms with Crippen molar-refractivity contribution in [1.82, 2.24) is 0 Å². The van der Waals surface area contributed by atoms with Crippen LogP contribution in [-0.4, -0.2) is 13.1 Å². The van der Waals surface area contributed by atoms with Gasteiger partial charge in [-0.25, -0.2) is 4.79 Å². The van der Waals surface area contributed by atoms with E-state index in [1.54, 1.807) is 12.1 Å². The topological polar surface area (TPSA) is 73.9 Å². The van der Waals surface area contributed by atoms with Gasteiger partial charge in [0, 0.05) is 5.57 Å². The summed E-state index contributed by atoms with van der Waals surface area (Å²) in [5.74, 6) is -0.449. The second-order valence-corrected chi connectivity index (χ2v) is 5.27. The maximum atomic E-state index is 11.8. The number of fused-ring (bicyclic) bond motifs is 3. The fraction of sp³-hybridized carbons (Fsp3) is 0.105. The van der Waals surface area contributed by atoms with Crippen molar-refractivity contribution >= 4 is 11.5 Å². The van der Waals surface area contributed by atoms with Crippen LogP contribution in [0.25, 0.3) is 16.7 Å². The molecule has 0 aliphatic heterocycles. The van der Waals surface area contributed by atoms with Crippen LogP contribution < -0.4 is 0 Å². The van der Waals surface area contributed by atoms with Gasteiger partial charge in [0.25, 0.3) is 0 Å². The fourth-order valence-corrected chi connectivity index (χ4v) is 2.88. The Morgan fingerprint density at radius 2 is 1.57 bits per heavy atom. The van der Waals surface area contributed by atoms with Crippen LogP contribution in [0.3, 0.4) is 0 Å².